The van der Waals surface area contributed by atoms with Crippen molar-refractivity contribution >= 4 is 11.8 Å². The third-order valence-electron chi connectivity index (χ3n) is 3.02. The Labute approximate surface area is 123 Å². The maximum Gasteiger partial charge on any atom is 0.307 e. The molecule has 0 saturated heterocycles. The van der Waals surface area contributed by atoms with Crippen molar-refractivity contribution in [2.45, 2.75) is 13.3 Å². The second-order valence-electron chi connectivity index (χ2n) is 4.79. The molecule has 21 heavy (non-hydrogen) atoms. The van der Waals surface area contributed by atoms with Gasteiger partial charge >= 0.3 is 5.97 Å². The Kier molecular flexibility index (Phi) is 4.72. The van der Waals surface area contributed by atoms with E-state index in [1.54, 1.807) is 36.4 Å². The minimum absolute atomic E-state index is 0.0252. The van der Waals surface area contributed by atoms with Crippen molar-refractivity contribution in [3.05, 3.63) is 65.2 Å². The van der Waals surface area contributed by atoms with Crippen LogP contribution in [0.25, 0.3) is 0 Å². The fourth-order valence-corrected chi connectivity index (χ4v) is 1.85. The monoisotopic (exact) mass is 284 g/mol. The molecule has 0 aromatic heterocycles. The molecule has 4 heteroatoms. The van der Waals surface area contributed by atoms with Gasteiger partial charge in [0.2, 0.25) is 0 Å². The van der Waals surface area contributed by atoms with Gasteiger partial charge in [-0.25, -0.2) is 0 Å². The van der Waals surface area contributed by atoms with Gasteiger partial charge in [-0.1, -0.05) is 42.0 Å². The molecule has 2 rings (SSSR count). The Hall–Kier alpha value is -2.62. The number of rotatable bonds is 6. The minimum atomic E-state index is -0.877. The molecule has 1 N–H and O–H groups in total. The Morgan fingerprint density at radius 2 is 1.62 bits per heavy atom. The summed E-state index contributed by atoms with van der Waals surface area (Å²) in [7, 11) is 0. The van der Waals surface area contributed by atoms with Crippen LogP contribution >= 0.6 is 0 Å². The number of hydrogen-bond donors (Lipinski definition) is 1. The van der Waals surface area contributed by atoms with Crippen LogP contribution in [-0.4, -0.2) is 23.5 Å². The standard InChI is InChI=1S/C17H16O4/c1-12-2-6-14(7-3-12)16(18)11-21-15-8-4-13(5-9-15)10-17(19)20/h2-9H,10-11H2,1H3,(H,19,20). The summed E-state index contributed by atoms with van der Waals surface area (Å²) in [5, 5.41) is 8.68. The number of aryl methyl sites for hydroxylation is 1. The molecule has 2 aromatic carbocycles. The van der Waals surface area contributed by atoms with Crippen molar-refractivity contribution in [3.8, 4) is 5.75 Å². The molecule has 0 atom stereocenters. The normalized spacial score (nSPS) is 10.1. The van der Waals surface area contributed by atoms with Crippen LogP contribution < -0.4 is 4.74 Å². The van der Waals surface area contributed by atoms with E-state index >= 15 is 0 Å². The van der Waals surface area contributed by atoms with E-state index in [-0.39, 0.29) is 18.8 Å². The van der Waals surface area contributed by atoms with Gasteiger partial charge in [0, 0.05) is 5.56 Å². The minimum Gasteiger partial charge on any atom is -0.485 e. The highest BCUT2D eigenvalue weighted by Crippen LogP contribution is 2.13. The van der Waals surface area contributed by atoms with Gasteiger partial charge in [0.05, 0.1) is 6.42 Å². The smallest absolute Gasteiger partial charge is 0.307 e. The first kappa shape index (κ1) is 14.8. The van der Waals surface area contributed by atoms with Crippen molar-refractivity contribution < 1.29 is 19.4 Å². The molecule has 108 valence electrons. The van der Waals surface area contributed by atoms with E-state index in [1.807, 2.05) is 19.1 Å². The summed E-state index contributed by atoms with van der Waals surface area (Å²) in [5.74, 6) is -0.424. The maximum absolute atomic E-state index is 11.9. The number of carbonyl (C=O) groups excluding carboxylic acids is 1. The summed E-state index contributed by atoms with van der Waals surface area (Å²) < 4.78 is 5.42. The van der Waals surface area contributed by atoms with Crippen molar-refractivity contribution in [3.63, 3.8) is 0 Å². The maximum atomic E-state index is 11.9. The van der Waals surface area contributed by atoms with Gasteiger partial charge in [0.1, 0.15) is 5.75 Å². The van der Waals surface area contributed by atoms with Crippen LogP contribution in [0, 0.1) is 6.92 Å². The average molecular weight is 284 g/mol. The van der Waals surface area contributed by atoms with Crippen molar-refractivity contribution in [1.29, 1.82) is 0 Å². The molecule has 0 amide bonds. The van der Waals surface area contributed by atoms with Gasteiger partial charge < -0.3 is 9.84 Å². The first-order valence-corrected chi connectivity index (χ1v) is 6.58. The highest BCUT2D eigenvalue weighted by Gasteiger charge is 2.07. The van der Waals surface area contributed by atoms with Crippen LogP contribution in [0.2, 0.25) is 0 Å². The van der Waals surface area contributed by atoms with Crippen LogP contribution in [0.1, 0.15) is 21.5 Å². The number of benzene rings is 2. The third-order valence-corrected chi connectivity index (χ3v) is 3.02. The average Bonchev–Trinajstić information content (AvgIpc) is 2.46. The number of aliphatic carboxylic acids is 1. The van der Waals surface area contributed by atoms with E-state index in [2.05, 4.69) is 0 Å². The second-order valence-corrected chi connectivity index (χ2v) is 4.79. The van der Waals surface area contributed by atoms with Gasteiger partial charge in [0.25, 0.3) is 0 Å². The SMILES string of the molecule is Cc1ccc(C(=O)COc2ccc(CC(=O)O)cc2)cc1. The lowest BCUT2D eigenvalue weighted by Gasteiger charge is -2.06. The Morgan fingerprint density at radius 1 is 1.00 bits per heavy atom. The molecular weight excluding hydrogens is 268 g/mol. The molecule has 0 aliphatic heterocycles. The summed E-state index contributed by atoms with van der Waals surface area (Å²) in [6, 6.07) is 14.0. The number of ether oxygens (including phenoxy) is 1. The van der Waals surface area contributed by atoms with Gasteiger partial charge in [-0.3, -0.25) is 9.59 Å². The Bertz CT molecular complexity index is 627. The lowest BCUT2D eigenvalue weighted by molar-refractivity contribution is -0.136. The molecule has 4 nitrogen and oxygen atoms in total. The molecule has 0 bridgehead atoms. The van der Waals surface area contributed by atoms with E-state index in [4.69, 9.17) is 9.84 Å². The fraction of sp³-hybridized carbons (Fsp3) is 0.176. The molecule has 0 radical (unpaired) electrons. The zero-order valence-electron chi connectivity index (χ0n) is 11.7. The summed E-state index contributed by atoms with van der Waals surface area (Å²) in [5.41, 5.74) is 2.41. The zero-order valence-corrected chi connectivity index (χ0v) is 11.7. The van der Waals surface area contributed by atoms with Gasteiger partial charge in [-0.15, -0.1) is 0 Å². The molecular formula is C17H16O4. The van der Waals surface area contributed by atoms with E-state index in [0.29, 0.717) is 16.9 Å². The number of carboxylic acid groups (broad SMARTS) is 1. The summed E-state index contributed by atoms with van der Waals surface area (Å²) in [6.45, 7) is 1.92. The first-order valence-electron chi connectivity index (χ1n) is 6.58. The molecule has 0 aliphatic rings. The van der Waals surface area contributed by atoms with Crippen LogP contribution in [-0.2, 0) is 11.2 Å². The van der Waals surface area contributed by atoms with Crippen molar-refractivity contribution in [2.75, 3.05) is 6.61 Å². The van der Waals surface area contributed by atoms with Crippen LogP contribution in [0.5, 0.6) is 5.75 Å². The largest absolute Gasteiger partial charge is 0.485 e. The number of Topliss-reactive ketones (excluding diaryl/α,β-unsaturated/α-hetero) is 1. The zero-order chi connectivity index (χ0) is 15.2. The summed E-state index contributed by atoms with van der Waals surface area (Å²) in [6.07, 6.45) is -0.0252. The topological polar surface area (TPSA) is 63.6 Å². The lowest BCUT2D eigenvalue weighted by atomic mass is 10.1. The van der Waals surface area contributed by atoms with Gasteiger partial charge in [-0.05, 0) is 24.6 Å². The Balaban J connectivity index is 1.92. The molecule has 0 saturated carbocycles. The predicted molar refractivity (Wildman–Crippen MR) is 78.8 cm³/mol. The Morgan fingerprint density at radius 3 is 2.19 bits per heavy atom. The summed E-state index contributed by atoms with van der Waals surface area (Å²) >= 11 is 0. The highest BCUT2D eigenvalue weighted by atomic mass is 16.5. The van der Waals surface area contributed by atoms with Crippen molar-refractivity contribution in [1.82, 2.24) is 0 Å². The van der Waals surface area contributed by atoms with Gasteiger partial charge in [-0.2, -0.15) is 0 Å². The van der Waals surface area contributed by atoms with Crippen molar-refractivity contribution in [2.24, 2.45) is 0 Å². The van der Waals surface area contributed by atoms with E-state index in [1.165, 1.54) is 0 Å². The number of carbonyl (C=O) groups is 2. The van der Waals surface area contributed by atoms with Crippen LogP contribution in [0.3, 0.4) is 0 Å². The molecule has 0 heterocycles. The molecule has 0 fully saturated rings. The van der Waals surface area contributed by atoms with E-state index < -0.39 is 5.97 Å². The fourth-order valence-electron chi connectivity index (χ4n) is 1.85. The third kappa shape index (κ3) is 4.45. The van der Waals surface area contributed by atoms with Crippen LogP contribution in [0.15, 0.2) is 48.5 Å². The number of hydrogen-bond acceptors (Lipinski definition) is 3. The highest BCUT2D eigenvalue weighted by molar-refractivity contribution is 5.97. The van der Waals surface area contributed by atoms with E-state index in [9.17, 15) is 9.59 Å². The summed E-state index contributed by atoms with van der Waals surface area (Å²) in [4.78, 5) is 22.5. The predicted octanol–water partition coefficient (Wildman–Crippen LogP) is 2.88. The quantitative estimate of drug-likeness (QED) is 0.828. The molecule has 0 aliphatic carbocycles. The van der Waals surface area contributed by atoms with E-state index in [0.717, 1.165) is 5.56 Å². The lowest BCUT2D eigenvalue weighted by Crippen LogP contribution is -2.11. The molecule has 0 spiro atoms. The number of ketones is 1. The number of carboxylic acids is 1. The second kappa shape index (κ2) is 6.70. The molecule has 2 aromatic rings. The van der Waals surface area contributed by atoms with Gasteiger partial charge in [0.15, 0.2) is 12.4 Å². The molecule has 0 unspecified atom stereocenters. The first-order chi connectivity index (χ1) is 10.0. The van der Waals surface area contributed by atoms with Crippen LogP contribution in [0.4, 0.5) is 0 Å².